The van der Waals surface area contributed by atoms with E-state index < -0.39 is 0 Å². The van der Waals surface area contributed by atoms with Gasteiger partial charge in [0.25, 0.3) is 5.91 Å². The number of amides is 1. The molecule has 1 amide bonds. The molecule has 0 saturated carbocycles. The van der Waals surface area contributed by atoms with Gasteiger partial charge in [0.1, 0.15) is 5.69 Å². The van der Waals surface area contributed by atoms with Crippen LogP contribution >= 0.6 is 0 Å². The van der Waals surface area contributed by atoms with Crippen molar-refractivity contribution in [1.29, 1.82) is 5.26 Å². The number of aromatic nitrogens is 3. The Bertz CT molecular complexity index is 1350. The van der Waals surface area contributed by atoms with Gasteiger partial charge >= 0.3 is 0 Å². The zero-order valence-corrected chi connectivity index (χ0v) is 19.3. The van der Waals surface area contributed by atoms with Gasteiger partial charge in [-0.05, 0) is 62.7 Å². The summed E-state index contributed by atoms with van der Waals surface area (Å²) >= 11 is 0. The summed E-state index contributed by atoms with van der Waals surface area (Å²) in [6.07, 6.45) is 4.20. The minimum Gasteiger partial charge on any atom is -0.463 e. The van der Waals surface area contributed by atoms with Crippen LogP contribution in [0, 0.1) is 11.3 Å². The van der Waals surface area contributed by atoms with Crippen LogP contribution in [-0.2, 0) is 0 Å². The van der Waals surface area contributed by atoms with E-state index in [0.717, 1.165) is 30.6 Å². The molecule has 1 fully saturated rings. The third kappa shape index (κ3) is 4.01. The Hall–Kier alpha value is -4.12. The molecule has 0 atom stereocenters. The Morgan fingerprint density at radius 2 is 1.94 bits per heavy atom. The van der Waals surface area contributed by atoms with Gasteiger partial charge in [0.2, 0.25) is 0 Å². The van der Waals surface area contributed by atoms with Crippen LogP contribution in [0.25, 0.3) is 22.5 Å². The van der Waals surface area contributed by atoms with E-state index in [1.807, 2.05) is 65.9 Å². The molecular weight excluding hydrogens is 428 g/mol. The largest absolute Gasteiger partial charge is 0.463 e. The summed E-state index contributed by atoms with van der Waals surface area (Å²) in [6, 6.07) is 15.4. The maximum Gasteiger partial charge on any atom is 0.254 e. The Morgan fingerprint density at radius 3 is 2.65 bits per heavy atom. The Labute approximate surface area is 198 Å². The maximum absolute atomic E-state index is 13.8. The van der Waals surface area contributed by atoms with E-state index in [0.29, 0.717) is 41.3 Å². The van der Waals surface area contributed by atoms with E-state index in [9.17, 15) is 4.79 Å². The third-order valence-electron chi connectivity index (χ3n) is 6.20. The molecule has 8 nitrogen and oxygen atoms in total. The lowest BCUT2D eigenvalue weighted by molar-refractivity contribution is 0.0769. The van der Waals surface area contributed by atoms with Crippen molar-refractivity contribution in [3.63, 3.8) is 0 Å². The van der Waals surface area contributed by atoms with Crippen molar-refractivity contribution < 1.29 is 9.21 Å². The highest BCUT2D eigenvalue weighted by Gasteiger charge is 2.25. The van der Waals surface area contributed by atoms with Crippen molar-refractivity contribution >= 4 is 22.6 Å². The SMILES string of the molecule is CC(C)n1ncc2c(C(=O)N3CCCN(c4ccc(C#N)cc4)CC3)cc(-c3ccco3)nc21. The van der Waals surface area contributed by atoms with Gasteiger partial charge in [-0.2, -0.15) is 10.4 Å². The molecule has 1 saturated heterocycles. The summed E-state index contributed by atoms with van der Waals surface area (Å²) in [5, 5.41) is 14.3. The molecule has 34 heavy (non-hydrogen) atoms. The number of benzene rings is 1. The molecule has 3 aromatic heterocycles. The van der Waals surface area contributed by atoms with Gasteiger partial charge in [0.05, 0.1) is 35.0 Å². The number of carbonyl (C=O) groups excluding carboxylic acids is 1. The first-order valence-corrected chi connectivity index (χ1v) is 11.5. The fourth-order valence-corrected chi connectivity index (χ4v) is 4.42. The minimum atomic E-state index is -0.0230. The summed E-state index contributed by atoms with van der Waals surface area (Å²) in [4.78, 5) is 22.7. The molecule has 1 aliphatic heterocycles. The summed E-state index contributed by atoms with van der Waals surface area (Å²) in [7, 11) is 0. The highest BCUT2D eigenvalue weighted by atomic mass is 16.3. The second-order valence-electron chi connectivity index (χ2n) is 8.74. The van der Waals surface area contributed by atoms with Crippen LogP contribution in [-0.4, -0.2) is 51.8 Å². The molecule has 0 radical (unpaired) electrons. The lowest BCUT2D eigenvalue weighted by atomic mass is 10.1. The number of nitriles is 1. The first kappa shape index (κ1) is 21.7. The van der Waals surface area contributed by atoms with E-state index in [4.69, 9.17) is 14.7 Å². The van der Waals surface area contributed by atoms with Gasteiger partial charge in [0.15, 0.2) is 11.4 Å². The minimum absolute atomic E-state index is 0.0230. The zero-order valence-electron chi connectivity index (χ0n) is 19.3. The van der Waals surface area contributed by atoms with Gasteiger partial charge in [-0.25, -0.2) is 9.67 Å². The van der Waals surface area contributed by atoms with Crippen molar-refractivity contribution in [2.24, 2.45) is 0 Å². The standard InChI is InChI=1S/C26H26N6O2/c1-18(2)32-25-22(17-28-32)21(15-23(29-25)24-5-3-14-34-24)26(33)31-11-4-10-30(12-13-31)20-8-6-19(16-27)7-9-20/h3,5-9,14-15,17-18H,4,10-13H2,1-2H3. The van der Waals surface area contributed by atoms with Crippen LogP contribution in [0.2, 0.25) is 0 Å². The van der Waals surface area contributed by atoms with Crippen LogP contribution in [0.1, 0.15) is 42.2 Å². The number of hydrogen-bond acceptors (Lipinski definition) is 6. The molecule has 0 bridgehead atoms. The van der Waals surface area contributed by atoms with Crippen LogP contribution in [0.3, 0.4) is 0 Å². The molecule has 172 valence electrons. The van der Waals surface area contributed by atoms with Gasteiger partial charge in [-0.3, -0.25) is 4.79 Å². The zero-order chi connectivity index (χ0) is 23.7. The average molecular weight is 455 g/mol. The van der Waals surface area contributed by atoms with Gasteiger partial charge < -0.3 is 14.2 Å². The second-order valence-corrected chi connectivity index (χ2v) is 8.74. The molecular formula is C26H26N6O2. The van der Waals surface area contributed by atoms with Gasteiger partial charge in [0, 0.05) is 37.9 Å². The smallest absolute Gasteiger partial charge is 0.254 e. The molecule has 0 N–H and O–H groups in total. The topological polar surface area (TPSA) is 91.2 Å². The van der Waals surface area contributed by atoms with E-state index in [1.165, 1.54) is 0 Å². The predicted octanol–water partition coefficient (Wildman–Crippen LogP) is 4.50. The molecule has 0 spiro atoms. The molecule has 8 heteroatoms. The van der Waals surface area contributed by atoms with Crippen molar-refractivity contribution in [2.75, 3.05) is 31.1 Å². The monoisotopic (exact) mass is 454 g/mol. The molecule has 0 aliphatic carbocycles. The van der Waals surface area contributed by atoms with Crippen molar-refractivity contribution in [3.05, 3.63) is 66.1 Å². The number of furan rings is 1. The molecule has 4 aromatic rings. The van der Waals surface area contributed by atoms with E-state index in [-0.39, 0.29) is 11.9 Å². The quantitative estimate of drug-likeness (QED) is 0.451. The first-order chi connectivity index (χ1) is 16.5. The van der Waals surface area contributed by atoms with Crippen molar-refractivity contribution in [2.45, 2.75) is 26.3 Å². The number of nitrogens with zero attached hydrogens (tertiary/aromatic N) is 6. The van der Waals surface area contributed by atoms with E-state index >= 15 is 0 Å². The van der Waals surface area contributed by atoms with E-state index in [1.54, 1.807) is 12.5 Å². The fourth-order valence-electron chi connectivity index (χ4n) is 4.42. The van der Waals surface area contributed by atoms with Crippen molar-refractivity contribution in [1.82, 2.24) is 19.7 Å². The normalized spacial score (nSPS) is 14.4. The maximum atomic E-state index is 13.8. The fraction of sp³-hybridized carbons (Fsp3) is 0.308. The summed E-state index contributed by atoms with van der Waals surface area (Å²) in [5.41, 5.74) is 3.61. The highest BCUT2D eigenvalue weighted by molar-refractivity contribution is 6.06. The number of hydrogen-bond donors (Lipinski definition) is 0. The Balaban J connectivity index is 1.45. The second kappa shape index (κ2) is 9.02. The Kier molecular flexibility index (Phi) is 5.76. The molecule has 0 unspecified atom stereocenters. The van der Waals surface area contributed by atoms with Crippen LogP contribution in [0.15, 0.2) is 59.3 Å². The van der Waals surface area contributed by atoms with Crippen LogP contribution < -0.4 is 4.90 Å². The predicted molar refractivity (Wildman–Crippen MR) is 130 cm³/mol. The number of rotatable bonds is 4. The van der Waals surface area contributed by atoms with E-state index in [2.05, 4.69) is 16.1 Å². The van der Waals surface area contributed by atoms with Gasteiger partial charge in [-0.15, -0.1) is 0 Å². The molecule has 1 aliphatic rings. The molecule has 5 rings (SSSR count). The summed E-state index contributed by atoms with van der Waals surface area (Å²) in [5.74, 6) is 0.598. The third-order valence-corrected chi connectivity index (χ3v) is 6.20. The number of carbonyl (C=O) groups is 1. The molecule has 4 heterocycles. The summed E-state index contributed by atoms with van der Waals surface area (Å²) in [6.45, 7) is 6.94. The van der Waals surface area contributed by atoms with Crippen molar-refractivity contribution in [3.8, 4) is 17.5 Å². The first-order valence-electron chi connectivity index (χ1n) is 11.5. The lowest BCUT2D eigenvalue weighted by Crippen LogP contribution is -2.35. The number of pyridine rings is 1. The van der Waals surface area contributed by atoms with Crippen LogP contribution in [0.4, 0.5) is 5.69 Å². The number of anilines is 1. The number of fused-ring (bicyclic) bond motifs is 1. The molecule has 1 aromatic carbocycles. The highest BCUT2D eigenvalue weighted by Crippen LogP contribution is 2.28. The van der Waals surface area contributed by atoms with Gasteiger partial charge in [-0.1, -0.05) is 0 Å². The lowest BCUT2D eigenvalue weighted by Gasteiger charge is -2.24. The Morgan fingerprint density at radius 1 is 1.12 bits per heavy atom. The summed E-state index contributed by atoms with van der Waals surface area (Å²) < 4.78 is 7.42. The average Bonchev–Trinajstić information content (AvgIpc) is 3.48. The van der Waals surface area contributed by atoms with Crippen LogP contribution in [0.5, 0.6) is 0 Å².